The van der Waals surface area contributed by atoms with Gasteiger partial charge in [-0.25, -0.2) is 0 Å². The lowest BCUT2D eigenvalue weighted by molar-refractivity contribution is 0.0596. The number of hydrogen-bond acceptors (Lipinski definition) is 4. The predicted octanol–water partition coefficient (Wildman–Crippen LogP) is 11.1. The zero-order chi connectivity index (χ0) is 34.9. The van der Waals surface area contributed by atoms with Gasteiger partial charge >= 0.3 is 0 Å². The van der Waals surface area contributed by atoms with Crippen molar-refractivity contribution in [3.05, 3.63) is 34.9 Å². The van der Waals surface area contributed by atoms with E-state index in [4.69, 9.17) is 8.85 Å². The van der Waals surface area contributed by atoms with Crippen LogP contribution in [0.15, 0.2) is 34.9 Å². The SMILES string of the molecule is C[C@@H](CCCC(C)(C)O)C1CCC2/C(=C/C=C3C[C@@H](O[Si](C)(C)C(C)(C)C)C(=CCO)[C@H](O[Si](C)(C)C(C)(C)C)C3)CCCC21C. The van der Waals surface area contributed by atoms with Gasteiger partial charge in [0, 0.05) is 0 Å². The molecule has 0 radical (unpaired) electrons. The van der Waals surface area contributed by atoms with Crippen LogP contribution in [0, 0.1) is 23.2 Å². The van der Waals surface area contributed by atoms with E-state index in [1.54, 1.807) is 5.57 Å². The van der Waals surface area contributed by atoms with E-state index >= 15 is 0 Å². The summed E-state index contributed by atoms with van der Waals surface area (Å²) in [5, 5.41) is 20.6. The highest BCUT2D eigenvalue weighted by molar-refractivity contribution is 6.74. The van der Waals surface area contributed by atoms with Crippen LogP contribution in [0.5, 0.6) is 0 Å². The van der Waals surface area contributed by atoms with Crippen molar-refractivity contribution >= 4 is 16.6 Å². The Kier molecular flexibility index (Phi) is 12.8. The fourth-order valence-corrected chi connectivity index (χ4v) is 10.9. The fraction of sp³-hybridized carbons (Fsp3) is 0.850. The molecule has 3 fully saturated rings. The van der Waals surface area contributed by atoms with Crippen LogP contribution in [0.4, 0.5) is 0 Å². The van der Waals surface area contributed by atoms with Crippen LogP contribution in [-0.4, -0.2) is 51.3 Å². The molecule has 0 aliphatic heterocycles. The number of rotatable bonds is 11. The molecule has 0 heterocycles. The average molecular weight is 675 g/mol. The Morgan fingerprint density at radius 3 is 1.91 bits per heavy atom. The topological polar surface area (TPSA) is 58.9 Å². The third-order valence-electron chi connectivity index (χ3n) is 13.2. The van der Waals surface area contributed by atoms with Gasteiger partial charge in [-0.1, -0.05) is 97.6 Å². The van der Waals surface area contributed by atoms with Gasteiger partial charge in [-0.05, 0) is 130 Å². The van der Waals surface area contributed by atoms with Gasteiger partial charge < -0.3 is 19.1 Å². The summed E-state index contributed by atoms with van der Waals surface area (Å²) >= 11 is 0. The summed E-state index contributed by atoms with van der Waals surface area (Å²) in [6.45, 7) is 32.2. The van der Waals surface area contributed by atoms with Crippen molar-refractivity contribution in [2.75, 3.05) is 6.61 Å². The second-order valence-corrected chi connectivity index (χ2v) is 28.9. The summed E-state index contributed by atoms with van der Waals surface area (Å²) in [6, 6.07) is 0. The lowest BCUT2D eigenvalue weighted by Crippen LogP contribution is -2.50. The number of hydrogen-bond donors (Lipinski definition) is 2. The molecule has 46 heavy (non-hydrogen) atoms. The van der Waals surface area contributed by atoms with Crippen LogP contribution in [0.25, 0.3) is 0 Å². The zero-order valence-corrected chi connectivity index (χ0v) is 34.6. The van der Waals surface area contributed by atoms with Gasteiger partial charge in [0.15, 0.2) is 16.6 Å². The highest BCUT2D eigenvalue weighted by Gasteiger charge is 2.51. The summed E-state index contributed by atoms with van der Waals surface area (Å²) in [5.74, 6) is 2.14. The van der Waals surface area contributed by atoms with Crippen molar-refractivity contribution in [1.82, 2.24) is 0 Å². The molecule has 4 nitrogen and oxygen atoms in total. The molecule has 0 aromatic carbocycles. The quantitative estimate of drug-likeness (QED) is 0.169. The Labute approximate surface area is 287 Å². The van der Waals surface area contributed by atoms with Gasteiger partial charge in [-0.2, -0.15) is 0 Å². The molecule has 3 saturated carbocycles. The average Bonchev–Trinajstić information content (AvgIpc) is 3.24. The minimum Gasteiger partial charge on any atom is -0.410 e. The van der Waals surface area contributed by atoms with Gasteiger partial charge in [0.25, 0.3) is 0 Å². The second-order valence-electron chi connectivity index (χ2n) is 19.4. The van der Waals surface area contributed by atoms with Crippen molar-refractivity contribution < 1.29 is 19.1 Å². The lowest BCUT2D eigenvalue weighted by Gasteiger charge is -2.46. The van der Waals surface area contributed by atoms with Crippen LogP contribution in [0.3, 0.4) is 0 Å². The van der Waals surface area contributed by atoms with Gasteiger partial charge in [-0.3, -0.25) is 0 Å². The maximum atomic E-state index is 10.3. The van der Waals surface area contributed by atoms with E-state index in [0.29, 0.717) is 17.3 Å². The number of fused-ring (bicyclic) bond motifs is 1. The van der Waals surface area contributed by atoms with Crippen LogP contribution >= 0.6 is 0 Å². The van der Waals surface area contributed by atoms with Crippen LogP contribution in [0.2, 0.25) is 36.3 Å². The maximum Gasteiger partial charge on any atom is 0.192 e. The molecule has 6 heteroatoms. The van der Waals surface area contributed by atoms with E-state index in [2.05, 4.69) is 93.7 Å². The summed E-state index contributed by atoms with van der Waals surface area (Å²) in [5.41, 5.74) is 4.06. The summed E-state index contributed by atoms with van der Waals surface area (Å²) in [4.78, 5) is 0. The third-order valence-corrected chi connectivity index (χ3v) is 22.1. The Bertz CT molecular complexity index is 1070. The summed E-state index contributed by atoms with van der Waals surface area (Å²) in [7, 11) is -4.13. The van der Waals surface area contributed by atoms with E-state index in [9.17, 15) is 10.2 Å². The van der Waals surface area contributed by atoms with Crippen LogP contribution < -0.4 is 0 Å². The molecule has 3 rings (SSSR count). The third kappa shape index (κ3) is 9.59. The predicted molar refractivity (Wildman–Crippen MR) is 202 cm³/mol. The lowest BCUT2D eigenvalue weighted by atomic mass is 9.60. The Morgan fingerprint density at radius 1 is 0.891 bits per heavy atom. The molecule has 0 bridgehead atoms. The van der Waals surface area contributed by atoms with E-state index in [-0.39, 0.29) is 28.9 Å². The van der Waals surface area contributed by atoms with Gasteiger partial charge in [-0.15, -0.1) is 0 Å². The molecule has 6 atom stereocenters. The minimum absolute atomic E-state index is 0.0186. The zero-order valence-electron chi connectivity index (χ0n) is 32.6. The van der Waals surface area contributed by atoms with Crippen molar-refractivity contribution in [2.24, 2.45) is 23.2 Å². The van der Waals surface area contributed by atoms with E-state index in [0.717, 1.165) is 37.2 Å². The molecule has 266 valence electrons. The normalized spacial score (nSPS) is 30.0. The monoisotopic (exact) mass is 675 g/mol. The molecule has 0 saturated heterocycles. The molecule has 0 aromatic heterocycles. The van der Waals surface area contributed by atoms with Crippen molar-refractivity contribution in [3.63, 3.8) is 0 Å². The molecule has 3 aliphatic carbocycles. The molecule has 0 aromatic rings. The molecule has 3 aliphatic rings. The Morgan fingerprint density at radius 2 is 1.43 bits per heavy atom. The van der Waals surface area contributed by atoms with Gasteiger partial charge in [0.2, 0.25) is 0 Å². The number of allylic oxidation sites excluding steroid dienone is 3. The maximum absolute atomic E-state index is 10.3. The van der Waals surface area contributed by atoms with Crippen LogP contribution in [0.1, 0.15) is 133 Å². The molecular formula is C40H74O4Si2. The first-order valence-corrected chi connectivity index (χ1v) is 24.5. The first-order valence-electron chi connectivity index (χ1n) is 18.7. The van der Waals surface area contributed by atoms with E-state index in [1.807, 2.05) is 19.9 Å². The molecule has 0 amide bonds. The van der Waals surface area contributed by atoms with Crippen molar-refractivity contribution in [2.45, 2.75) is 188 Å². The Balaban J connectivity index is 1.92. The van der Waals surface area contributed by atoms with Crippen molar-refractivity contribution in [3.8, 4) is 0 Å². The standard InChI is InChI=1S/C40H74O4Si2/c1-29(17-15-24-39(8,9)42)33-21-22-34-31(18-16-25-40(33,34)10)20-19-30-27-35(43-45(11,12)37(2,3)4)32(23-26-41)36(28-30)44-46(13,14)38(5,6)7/h19-20,23,29,33-36,41-42H,15-18,21-22,24-28H2,1-14H3/b30-19?,31-20+,32-23?/t29-,33?,34?,35+,36+,40?/m0/s1. The van der Waals surface area contributed by atoms with Crippen molar-refractivity contribution in [1.29, 1.82) is 0 Å². The van der Waals surface area contributed by atoms with E-state index < -0.39 is 22.2 Å². The number of aliphatic hydroxyl groups excluding tert-OH is 1. The number of aliphatic hydroxyl groups is 2. The van der Waals surface area contributed by atoms with Gasteiger partial charge in [0.1, 0.15) is 0 Å². The Hall–Kier alpha value is -0.506. The summed E-state index contributed by atoms with van der Waals surface area (Å²) < 4.78 is 14.3. The highest BCUT2D eigenvalue weighted by Crippen LogP contribution is 2.60. The first kappa shape index (κ1) is 39.9. The summed E-state index contributed by atoms with van der Waals surface area (Å²) in [6.07, 6.45) is 18.3. The largest absolute Gasteiger partial charge is 0.410 e. The van der Waals surface area contributed by atoms with E-state index in [1.165, 1.54) is 44.1 Å². The highest BCUT2D eigenvalue weighted by atomic mass is 28.4. The molecule has 2 N–H and O–H groups in total. The van der Waals surface area contributed by atoms with Crippen LogP contribution in [-0.2, 0) is 8.85 Å². The molecule has 3 unspecified atom stereocenters. The molecular weight excluding hydrogens is 601 g/mol. The first-order chi connectivity index (χ1) is 20.9. The second kappa shape index (κ2) is 14.8. The van der Waals surface area contributed by atoms with Gasteiger partial charge in [0.05, 0.1) is 24.4 Å². The minimum atomic E-state index is -2.06. The molecule has 0 spiro atoms. The fourth-order valence-electron chi connectivity index (χ4n) is 8.29. The smallest absolute Gasteiger partial charge is 0.192 e.